The van der Waals surface area contributed by atoms with Crippen LogP contribution >= 0.6 is 0 Å². The predicted molar refractivity (Wildman–Crippen MR) is 130 cm³/mol. The Morgan fingerprint density at radius 1 is 1.25 bits per heavy atom. The van der Waals surface area contributed by atoms with E-state index in [2.05, 4.69) is 25.5 Å². The number of guanidine groups is 1. The van der Waals surface area contributed by atoms with E-state index in [1.54, 1.807) is 23.1 Å². The number of anilines is 2. The molecule has 0 amide bonds. The maximum absolute atomic E-state index is 11.6. The fourth-order valence-corrected chi connectivity index (χ4v) is 4.02. The Morgan fingerprint density at radius 2 is 1.94 bits per heavy atom. The van der Waals surface area contributed by atoms with E-state index in [4.69, 9.17) is 15.6 Å². The largest absolute Gasteiger partial charge is 0.490 e. The van der Waals surface area contributed by atoms with E-state index >= 15 is 0 Å². The van der Waals surface area contributed by atoms with Crippen molar-refractivity contribution in [1.82, 2.24) is 10.2 Å². The molecule has 0 spiro atoms. The van der Waals surface area contributed by atoms with Crippen molar-refractivity contribution >= 4 is 50.4 Å². The van der Waals surface area contributed by atoms with Gasteiger partial charge in [-0.15, -0.1) is 0 Å². The molecule has 0 fully saturated rings. The van der Waals surface area contributed by atoms with Gasteiger partial charge in [0.05, 0.1) is 11.3 Å². The van der Waals surface area contributed by atoms with Crippen LogP contribution in [-0.4, -0.2) is 60.7 Å². The Labute approximate surface area is 203 Å². The fourth-order valence-electron chi connectivity index (χ4n) is 3.23. The minimum Gasteiger partial charge on any atom is -0.475 e. The highest BCUT2D eigenvalue weighted by Crippen LogP contribution is 2.25. The van der Waals surface area contributed by atoms with Crippen LogP contribution in [0.25, 0.3) is 10.9 Å². The molecule has 0 aliphatic carbocycles. The number of carboxylic acid groups (broad SMARTS) is 1. The van der Waals surface area contributed by atoms with Gasteiger partial charge in [0.2, 0.25) is 5.96 Å². The van der Waals surface area contributed by atoms with Crippen LogP contribution in [0.1, 0.15) is 11.3 Å². The van der Waals surface area contributed by atoms with Gasteiger partial charge in [-0.3, -0.25) is 15.7 Å². The Bertz CT molecular complexity index is 1430. The first-order valence-electron chi connectivity index (χ1n) is 10.2. The third-order valence-electron chi connectivity index (χ3n) is 4.75. The molecule has 5 N–H and O–H groups in total. The van der Waals surface area contributed by atoms with Crippen LogP contribution in [-0.2, 0) is 20.4 Å². The van der Waals surface area contributed by atoms with Crippen molar-refractivity contribution in [3.63, 3.8) is 0 Å². The molecule has 1 aromatic heterocycles. The van der Waals surface area contributed by atoms with Crippen LogP contribution in [0, 0.1) is 6.92 Å². The number of carbonyl (C=O) groups is 1. The molecule has 0 bridgehead atoms. The third kappa shape index (κ3) is 6.79. The number of carboxylic acids is 1. The number of nitrogens with one attached hydrogen (secondary N) is 2. The zero-order chi connectivity index (χ0) is 26.7. The maximum atomic E-state index is 11.6. The number of aliphatic imine (C=N–C) groups is 2. The number of halogens is 3. The summed E-state index contributed by atoms with van der Waals surface area (Å²) in [4.78, 5) is 19.2. The summed E-state index contributed by atoms with van der Waals surface area (Å²) in [5, 5.41) is 18.7. The van der Waals surface area contributed by atoms with Crippen molar-refractivity contribution in [3.8, 4) is 0 Å². The van der Waals surface area contributed by atoms with Crippen molar-refractivity contribution in [2.75, 3.05) is 16.5 Å². The number of nitrogens with two attached hydrogens (primary N) is 1. The topological polar surface area (TPSA) is 166 Å². The summed E-state index contributed by atoms with van der Waals surface area (Å²) in [6, 6.07) is 13.0. The number of hydrogen-bond acceptors (Lipinski definition) is 9. The molecule has 0 radical (unpaired) electrons. The number of alkyl halides is 3. The summed E-state index contributed by atoms with van der Waals surface area (Å²) >= 11 is 0. The number of nitrogens with zero attached hydrogens (tertiary/aromatic N) is 4. The van der Waals surface area contributed by atoms with Crippen LogP contribution in [0.15, 0.2) is 52.4 Å². The number of aromatic nitrogens is 2. The number of aryl methyl sites for hydroxylation is 1. The fraction of sp³-hybridized carbons (Fsp3) is 0.238. The van der Waals surface area contributed by atoms with Crippen LogP contribution in [0.4, 0.5) is 24.5 Å². The molecule has 1 unspecified atom stereocenters. The summed E-state index contributed by atoms with van der Waals surface area (Å²) in [5.74, 6) is -2.31. The van der Waals surface area contributed by atoms with E-state index in [9.17, 15) is 21.6 Å². The Morgan fingerprint density at radius 3 is 2.58 bits per heavy atom. The predicted octanol–water partition coefficient (Wildman–Crippen LogP) is 2.61. The number of benzene rings is 2. The van der Waals surface area contributed by atoms with Gasteiger partial charge < -0.3 is 10.4 Å². The van der Waals surface area contributed by atoms with Gasteiger partial charge in [-0.2, -0.15) is 18.3 Å². The molecule has 192 valence electrons. The molecular weight excluding hydrogens is 503 g/mol. The molecule has 36 heavy (non-hydrogen) atoms. The van der Waals surface area contributed by atoms with Crippen molar-refractivity contribution in [2.45, 2.75) is 25.1 Å². The third-order valence-corrected chi connectivity index (χ3v) is 5.61. The molecule has 1 aliphatic rings. The van der Waals surface area contributed by atoms with Gasteiger partial charge in [0.15, 0.2) is 16.1 Å². The van der Waals surface area contributed by atoms with E-state index in [-0.39, 0.29) is 5.75 Å². The lowest BCUT2D eigenvalue weighted by Crippen LogP contribution is -2.49. The standard InChI is InChI=1S/C19H21N7O2S.C2HF3O2/c1-12-16-7-6-15(9-17(16)25-24-12)26-18(20)21-11-22-19(26)23-14-5-3-4-13(8-14)10-29(2,27)28;3-2(4,5)1(6)7/h3-9,11,18H,10,20H2,1-2H3,(H,24,25)(H,21,22,23);(H,6,7). The second-order valence-electron chi connectivity index (χ2n) is 7.75. The number of aliphatic carboxylic acids is 1. The van der Waals surface area contributed by atoms with Crippen molar-refractivity contribution < 1.29 is 31.5 Å². The van der Waals surface area contributed by atoms with Crippen molar-refractivity contribution in [3.05, 3.63) is 53.7 Å². The van der Waals surface area contributed by atoms with Crippen LogP contribution in [0.2, 0.25) is 0 Å². The van der Waals surface area contributed by atoms with Gasteiger partial charge in [0.1, 0.15) is 6.34 Å². The molecular formula is C21H22F3N7O4S. The highest BCUT2D eigenvalue weighted by Gasteiger charge is 2.38. The van der Waals surface area contributed by atoms with Crippen LogP contribution in [0.3, 0.4) is 0 Å². The van der Waals surface area contributed by atoms with E-state index in [0.29, 0.717) is 17.2 Å². The first kappa shape index (κ1) is 26.6. The number of fused-ring (bicyclic) bond motifs is 1. The Kier molecular flexibility index (Phi) is 7.64. The van der Waals surface area contributed by atoms with Gasteiger partial charge in [0.25, 0.3) is 0 Å². The van der Waals surface area contributed by atoms with Gasteiger partial charge in [0, 0.05) is 28.7 Å². The van der Waals surface area contributed by atoms with Gasteiger partial charge in [-0.05, 0) is 42.8 Å². The molecule has 1 atom stereocenters. The molecule has 4 rings (SSSR count). The lowest BCUT2D eigenvalue weighted by Gasteiger charge is -2.31. The zero-order valence-corrected chi connectivity index (χ0v) is 19.8. The average Bonchev–Trinajstić information content (AvgIpc) is 3.13. The molecule has 0 saturated heterocycles. The summed E-state index contributed by atoms with van der Waals surface area (Å²) in [5.41, 5.74) is 10.2. The molecule has 11 nitrogen and oxygen atoms in total. The summed E-state index contributed by atoms with van der Waals surface area (Å²) in [6.45, 7) is 1.96. The number of rotatable bonds is 4. The Hall–Kier alpha value is -3.98. The van der Waals surface area contributed by atoms with Gasteiger partial charge in [-0.1, -0.05) is 12.1 Å². The van der Waals surface area contributed by atoms with E-state index in [1.165, 1.54) is 12.6 Å². The number of hydrogen-bond donors (Lipinski definition) is 4. The first-order valence-corrected chi connectivity index (χ1v) is 12.2. The van der Waals surface area contributed by atoms with Crippen LogP contribution in [0.5, 0.6) is 0 Å². The number of H-pyrrole nitrogens is 1. The number of sulfone groups is 1. The highest BCUT2D eigenvalue weighted by atomic mass is 32.2. The quantitative estimate of drug-likeness (QED) is 0.403. The molecule has 15 heteroatoms. The maximum Gasteiger partial charge on any atom is 0.490 e. The van der Waals surface area contributed by atoms with Gasteiger partial charge in [-0.25, -0.2) is 23.2 Å². The number of aromatic amines is 1. The minimum absolute atomic E-state index is 0.0329. The Balaban J connectivity index is 0.000000454. The molecule has 2 heterocycles. The first-order chi connectivity index (χ1) is 16.7. The molecule has 1 aliphatic heterocycles. The smallest absolute Gasteiger partial charge is 0.475 e. The molecule has 2 aromatic carbocycles. The normalized spacial score (nSPS) is 15.8. The lowest BCUT2D eigenvalue weighted by molar-refractivity contribution is -0.192. The second-order valence-corrected chi connectivity index (χ2v) is 9.89. The molecule has 3 aromatic rings. The monoisotopic (exact) mass is 525 g/mol. The minimum atomic E-state index is -5.08. The van der Waals surface area contributed by atoms with Crippen molar-refractivity contribution in [2.24, 2.45) is 15.7 Å². The van der Waals surface area contributed by atoms with Crippen molar-refractivity contribution in [1.29, 1.82) is 0 Å². The summed E-state index contributed by atoms with van der Waals surface area (Å²) in [7, 11) is -3.13. The SMILES string of the molecule is Cc1[nH]nc2cc(N3C(Nc4cccc(CS(C)(=O)=O)c4)=NC=NC3N)ccc12.O=C(O)C(F)(F)F. The van der Waals surface area contributed by atoms with E-state index in [1.807, 2.05) is 31.2 Å². The van der Waals surface area contributed by atoms with E-state index in [0.717, 1.165) is 22.3 Å². The average molecular weight is 526 g/mol. The van der Waals surface area contributed by atoms with Crippen LogP contribution < -0.4 is 16.0 Å². The highest BCUT2D eigenvalue weighted by molar-refractivity contribution is 7.89. The van der Waals surface area contributed by atoms with E-state index < -0.39 is 28.3 Å². The zero-order valence-electron chi connectivity index (χ0n) is 19.0. The summed E-state index contributed by atoms with van der Waals surface area (Å²) in [6.07, 6.45) is -3.13. The molecule has 0 saturated carbocycles. The summed E-state index contributed by atoms with van der Waals surface area (Å²) < 4.78 is 54.9. The van der Waals surface area contributed by atoms with Gasteiger partial charge >= 0.3 is 12.1 Å². The second kappa shape index (κ2) is 10.3. The lowest BCUT2D eigenvalue weighted by atomic mass is 10.2.